The van der Waals surface area contributed by atoms with E-state index < -0.39 is 0 Å². The van der Waals surface area contributed by atoms with Crippen molar-refractivity contribution in [2.75, 3.05) is 13.1 Å². The summed E-state index contributed by atoms with van der Waals surface area (Å²) >= 11 is 0. The van der Waals surface area contributed by atoms with Crippen molar-refractivity contribution in [3.05, 3.63) is 11.8 Å². The van der Waals surface area contributed by atoms with Crippen molar-refractivity contribution < 1.29 is 9.59 Å². The lowest BCUT2D eigenvalue weighted by Crippen LogP contribution is -2.57. The second-order valence-electron chi connectivity index (χ2n) is 13.1. The molecule has 6 atom stereocenters. The number of nitrogens with zero attached hydrogens (tertiary/aromatic N) is 1. The molecule has 4 nitrogen and oxygen atoms in total. The van der Waals surface area contributed by atoms with Crippen LogP contribution in [0.1, 0.15) is 98.3 Å². The minimum Gasteiger partial charge on any atom is -0.387 e. The van der Waals surface area contributed by atoms with E-state index >= 15 is 0 Å². The van der Waals surface area contributed by atoms with Crippen LogP contribution in [0.3, 0.4) is 0 Å². The van der Waals surface area contributed by atoms with Gasteiger partial charge in [-0.1, -0.05) is 47.0 Å². The number of carbonyl (C=O) groups is 2. The van der Waals surface area contributed by atoms with E-state index in [1.54, 1.807) is 0 Å². The molecule has 0 bridgehead atoms. The van der Waals surface area contributed by atoms with E-state index in [1.807, 2.05) is 6.08 Å². The van der Waals surface area contributed by atoms with E-state index in [9.17, 15) is 9.59 Å². The third-order valence-electron chi connectivity index (χ3n) is 10.8. The van der Waals surface area contributed by atoms with Gasteiger partial charge < -0.3 is 10.2 Å². The molecule has 4 fully saturated rings. The molecular formula is C29H46N2O2. The van der Waals surface area contributed by atoms with Crippen LogP contribution in [0.2, 0.25) is 0 Å². The first-order chi connectivity index (χ1) is 15.7. The first kappa shape index (κ1) is 23.4. The summed E-state index contributed by atoms with van der Waals surface area (Å²) in [4.78, 5) is 28.6. The molecule has 33 heavy (non-hydrogen) atoms. The van der Waals surface area contributed by atoms with Crippen molar-refractivity contribution >= 4 is 11.7 Å². The molecule has 184 valence electrons. The number of hydrogen-bond donors (Lipinski definition) is 1. The molecule has 0 radical (unpaired) electrons. The monoisotopic (exact) mass is 454 g/mol. The van der Waals surface area contributed by atoms with Gasteiger partial charge >= 0.3 is 0 Å². The first-order valence-corrected chi connectivity index (χ1v) is 14.0. The molecule has 4 heteroatoms. The normalized spacial score (nSPS) is 41.0. The molecule has 0 aromatic heterocycles. The Morgan fingerprint density at radius 2 is 1.82 bits per heavy atom. The van der Waals surface area contributed by atoms with Crippen LogP contribution in [0, 0.1) is 40.4 Å². The van der Waals surface area contributed by atoms with Crippen LogP contribution < -0.4 is 5.32 Å². The Balaban J connectivity index is 1.38. The van der Waals surface area contributed by atoms with Crippen LogP contribution in [0.25, 0.3) is 0 Å². The number of ketones is 1. The van der Waals surface area contributed by atoms with Crippen molar-refractivity contribution in [3.8, 4) is 0 Å². The Morgan fingerprint density at radius 1 is 1.06 bits per heavy atom. The highest BCUT2D eigenvalue weighted by molar-refractivity contribution is 5.91. The average molecular weight is 455 g/mol. The fraction of sp³-hybridized carbons (Fsp3) is 0.862. The molecule has 5 rings (SSSR count). The van der Waals surface area contributed by atoms with Crippen molar-refractivity contribution in [3.63, 3.8) is 0 Å². The molecule has 1 N–H and O–H groups in total. The van der Waals surface area contributed by atoms with Crippen LogP contribution in [0.4, 0.5) is 0 Å². The summed E-state index contributed by atoms with van der Waals surface area (Å²) in [6.07, 6.45) is 14.5. The molecule has 1 aliphatic heterocycles. The van der Waals surface area contributed by atoms with Crippen molar-refractivity contribution in [2.45, 2.75) is 104 Å². The molecule has 0 aromatic rings. The lowest BCUT2D eigenvalue weighted by molar-refractivity contribution is -0.146. The summed E-state index contributed by atoms with van der Waals surface area (Å²) < 4.78 is 0. The maximum Gasteiger partial charge on any atom is 0.226 e. The maximum atomic E-state index is 14.2. The number of rotatable bonds is 4. The van der Waals surface area contributed by atoms with Crippen molar-refractivity contribution in [1.82, 2.24) is 10.2 Å². The highest BCUT2D eigenvalue weighted by Gasteiger charge is 2.61. The number of amides is 1. The molecule has 4 aliphatic carbocycles. The second-order valence-corrected chi connectivity index (χ2v) is 13.1. The van der Waals surface area contributed by atoms with Crippen LogP contribution in [0.15, 0.2) is 11.8 Å². The van der Waals surface area contributed by atoms with Gasteiger partial charge in [0.15, 0.2) is 5.78 Å². The Kier molecular flexibility index (Phi) is 6.19. The zero-order chi connectivity index (χ0) is 23.4. The van der Waals surface area contributed by atoms with E-state index in [0.29, 0.717) is 42.0 Å². The van der Waals surface area contributed by atoms with Gasteiger partial charge in [-0.3, -0.25) is 9.59 Å². The third-order valence-corrected chi connectivity index (χ3v) is 10.8. The largest absolute Gasteiger partial charge is 0.387 e. The Hall–Kier alpha value is -1.32. The predicted molar refractivity (Wildman–Crippen MR) is 132 cm³/mol. The topological polar surface area (TPSA) is 49.4 Å². The molecule has 5 aliphatic rings. The zero-order valence-electron chi connectivity index (χ0n) is 21.5. The fourth-order valence-electron chi connectivity index (χ4n) is 8.96. The van der Waals surface area contributed by atoms with E-state index in [-0.39, 0.29) is 22.5 Å². The molecule has 3 saturated carbocycles. The van der Waals surface area contributed by atoms with Gasteiger partial charge in [0.1, 0.15) is 0 Å². The third kappa shape index (κ3) is 3.88. The number of allylic oxidation sites excluding steroid dienone is 2. The quantitative estimate of drug-likeness (QED) is 0.591. The number of carbonyl (C=O) groups excluding carboxylic acids is 2. The summed E-state index contributed by atoms with van der Waals surface area (Å²) in [7, 11) is 0. The van der Waals surface area contributed by atoms with E-state index in [4.69, 9.17) is 0 Å². The fourth-order valence-corrected chi connectivity index (χ4v) is 8.96. The zero-order valence-corrected chi connectivity index (χ0v) is 21.5. The summed E-state index contributed by atoms with van der Waals surface area (Å²) in [5.41, 5.74) is 1.45. The summed E-state index contributed by atoms with van der Waals surface area (Å²) in [6.45, 7) is 11.3. The van der Waals surface area contributed by atoms with Crippen LogP contribution in [0.5, 0.6) is 0 Å². The number of hydrogen-bond acceptors (Lipinski definition) is 3. The lowest BCUT2D eigenvalue weighted by Gasteiger charge is -2.58. The SMILES string of the molecule is CC(C)CN(C(=O)C1CC[C@H]2[C@@H]3CNC4=CC(=O)CC[C@]4(C)[C@@H]3CC[C@]12C)C1CCCCC1. The standard InChI is InChI=1S/C29H46N2O2/c1-19(2)18-31(20-8-6-5-7-9-20)27(33)25-11-10-23-22-17-30-26-16-21(32)12-14-29(26,4)24(22)13-15-28(23,25)3/h16,19-20,22-25,30H,5-15,17-18H2,1-4H3/t22-,23-,24+,25?,28-,29+/m0/s1. The minimum absolute atomic E-state index is 0.117. The lowest BCUT2D eigenvalue weighted by atomic mass is 9.50. The van der Waals surface area contributed by atoms with Crippen molar-refractivity contribution in [2.24, 2.45) is 40.4 Å². The van der Waals surface area contributed by atoms with E-state index in [1.165, 1.54) is 57.1 Å². The van der Waals surface area contributed by atoms with Crippen LogP contribution >= 0.6 is 0 Å². The van der Waals surface area contributed by atoms with Crippen LogP contribution in [-0.2, 0) is 9.59 Å². The van der Waals surface area contributed by atoms with Gasteiger partial charge in [0, 0.05) is 48.7 Å². The van der Waals surface area contributed by atoms with Crippen molar-refractivity contribution in [1.29, 1.82) is 0 Å². The van der Waals surface area contributed by atoms with E-state index in [2.05, 4.69) is 37.9 Å². The minimum atomic E-state index is 0.117. The molecule has 1 amide bonds. The number of fused-ring (bicyclic) bond motifs is 5. The van der Waals surface area contributed by atoms with Gasteiger partial charge in [0.2, 0.25) is 5.91 Å². The molecule has 1 unspecified atom stereocenters. The van der Waals surface area contributed by atoms with Gasteiger partial charge in [0.25, 0.3) is 0 Å². The Morgan fingerprint density at radius 3 is 2.55 bits per heavy atom. The van der Waals surface area contributed by atoms with Gasteiger partial charge in [-0.2, -0.15) is 0 Å². The molecule has 1 heterocycles. The second kappa shape index (κ2) is 8.72. The van der Waals surface area contributed by atoms with Gasteiger partial charge in [-0.25, -0.2) is 0 Å². The highest BCUT2D eigenvalue weighted by Crippen LogP contribution is 2.64. The number of piperidine rings is 1. The van der Waals surface area contributed by atoms with E-state index in [0.717, 1.165) is 25.9 Å². The van der Waals surface area contributed by atoms with Gasteiger partial charge in [-0.05, 0) is 74.0 Å². The highest BCUT2D eigenvalue weighted by atomic mass is 16.2. The smallest absolute Gasteiger partial charge is 0.226 e. The Bertz CT molecular complexity index is 812. The maximum absolute atomic E-state index is 14.2. The summed E-state index contributed by atoms with van der Waals surface area (Å²) in [6, 6.07) is 0.468. The van der Waals surface area contributed by atoms with Gasteiger partial charge in [0.05, 0.1) is 0 Å². The number of nitrogens with one attached hydrogen (secondary N) is 1. The first-order valence-electron chi connectivity index (χ1n) is 14.0. The van der Waals surface area contributed by atoms with Gasteiger partial charge in [-0.15, -0.1) is 0 Å². The summed E-state index contributed by atoms with van der Waals surface area (Å²) in [5.74, 6) is 3.40. The molecule has 0 aromatic carbocycles. The molecule has 0 spiro atoms. The predicted octanol–water partition coefficient (Wildman–Crippen LogP) is 5.72. The average Bonchev–Trinajstić information content (AvgIpc) is 3.15. The Labute approximate surface area is 201 Å². The molecular weight excluding hydrogens is 408 g/mol. The van der Waals surface area contributed by atoms with Crippen LogP contribution in [-0.4, -0.2) is 35.7 Å². The summed E-state index contributed by atoms with van der Waals surface area (Å²) in [5, 5.41) is 3.71. The molecule has 1 saturated heterocycles.